The molecule has 0 bridgehead atoms. The molecule has 3 aromatic rings. The van der Waals surface area contributed by atoms with E-state index in [1.54, 1.807) is 13.1 Å². The molecule has 150 valence electrons. The van der Waals surface area contributed by atoms with Gasteiger partial charge in [0.2, 0.25) is 0 Å². The van der Waals surface area contributed by atoms with Crippen LogP contribution in [0.2, 0.25) is 0 Å². The van der Waals surface area contributed by atoms with Crippen LogP contribution in [0, 0.1) is 6.92 Å². The van der Waals surface area contributed by atoms with E-state index in [1.807, 2.05) is 12.1 Å². The molecule has 2 N–H and O–H groups in total. The van der Waals surface area contributed by atoms with E-state index < -0.39 is 0 Å². The first-order valence-electron chi connectivity index (χ1n) is 10.1. The molecule has 1 saturated heterocycles. The van der Waals surface area contributed by atoms with Crippen molar-refractivity contribution in [2.75, 3.05) is 18.0 Å². The van der Waals surface area contributed by atoms with Crippen molar-refractivity contribution in [3.8, 4) is 11.5 Å². The lowest BCUT2D eigenvalue weighted by Crippen LogP contribution is -2.37. The van der Waals surface area contributed by atoms with Crippen LogP contribution in [-0.2, 0) is 12.8 Å². The van der Waals surface area contributed by atoms with Crippen LogP contribution in [-0.4, -0.2) is 50.4 Å². The molecule has 9 nitrogen and oxygen atoms in total. The minimum Gasteiger partial charge on any atom is -0.354 e. The first-order valence-corrected chi connectivity index (χ1v) is 10.1. The quantitative estimate of drug-likeness (QED) is 0.697. The van der Waals surface area contributed by atoms with Crippen molar-refractivity contribution in [1.82, 2.24) is 30.6 Å². The number of nitrogens with one attached hydrogen (secondary N) is 2. The van der Waals surface area contributed by atoms with Gasteiger partial charge in [0.25, 0.3) is 11.8 Å². The Morgan fingerprint density at radius 1 is 1.31 bits per heavy atom. The Labute approximate surface area is 167 Å². The molecular weight excluding hydrogens is 370 g/mol. The van der Waals surface area contributed by atoms with Crippen LogP contribution in [0.25, 0.3) is 11.5 Å². The number of pyridine rings is 1. The fourth-order valence-corrected chi connectivity index (χ4v) is 4.12. The Hall–Kier alpha value is -3.23. The Bertz CT molecular complexity index is 1020. The van der Waals surface area contributed by atoms with Gasteiger partial charge in [-0.25, -0.2) is 4.98 Å². The summed E-state index contributed by atoms with van der Waals surface area (Å²) in [6.45, 7) is 3.35. The molecule has 1 aliphatic carbocycles. The van der Waals surface area contributed by atoms with E-state index in [2.05, 4.69) is 35.5 Å². The van der Waals surface area contributed by atoms with E-state index in [0.29, 0.717) is 17.4 Å². The second-order valence-electron chi connectivity index (χ2n) is 7.69. The lowest BCUT2D eigenvalue weighted by atomic mass is 9.95. The van der Waals surface area contributed by atoms with Gasteiger partial charge in [0.05, 0.1) is 5.56 Å². The summed E-state index contributed by atoms with van der Waals surface area (Å²) in [7, 11) is 0. The summed E-state index contributed by atoms with van der Waals surface area (Å²) in [5.74, 6) is 1.86. The number of amides is 1. The fraction of sp³-hybridized carbons (Fsp3) is 0.450. The number of carbonyl (C=O) groups excluding carboxylic acids is 1. The summed E-state index contributed by atoms with van der Waals surface area (Å²) in [6.07, 6.45) is 6.81. The van der Waals surface area contributed by atoms with Crippen molar-refractivity contribution in [3.05, 3.63) is 41.1 Å². The molecule has 0 spiro atoms. The first kappa shape index (κ1) is 17.8. The standard InChI is InChI=1S/C20H23N7O2/c1-12-22-20(29-26-12)13-6-7-17(21-10-13)27-9-8-14(11-27)23-19(28)18-15-4-2-3-5-16(15)24-25-18/h6-7,10,14H,2-5,8-9,11H2,1H3,(H,23,28)(H,24,25). The highest BCUT2D eigenvalue weighted by atomic mass is 16.5. The van der Waals surface area contributed by atoms with Crippen LogP contribution in [0.15, 0.2) is 22.9 Å². The van der Waals surface area contributed by atoms with Crippen LogP contribution in [0.1, 0.15) is 46.8 Å². The van der Waals surface area contributed by atoms with Crippen LogP contribution >= 0.6 is 0 Å². The number of carbonyl (C=O) groups is 1. The second-order valence-corrected chi connectivity index (χ2v) is 7.69. The molecule has 0 aromatic carbocycles. The number of rotatable bonds is 4. The Morgan fingerprint density at radius 3 is 3.00 bits per heavy atom. The SMILES string of the molecule is Cc1noc(-c2ccc(N3CCC(NC(=O)c4n[nH]c5c4CCCC5)C3)nc2)n1. The Kier molecular flexibility index (Phi) is 4.49. The van der Waals surface area contributed by atoms with E-state index in [1.165, 1.54) is 0 Å². The zero-order chi connectivity index (χ0) is 19.8. The predicted molar refractivity (Wildman–Crippen MR) is 106 cm³/mol. The van der Waals surface area contributed by atoms with Gasteiger partial charge < -0.3 is 14.7 Å². The van der Waals surface area contributed by atoms with Crippen molar-refractivity contribution >= 4 is 11.7 Å². The molecule has 0 radical (unpaired) electrons. The summed E-state index contributed by atoms with van der Waals surface area (Å²) in [5.41, 5.74) is 3.57. The molecule has 29 heavy (non-hydrogen) atoms. The highest BCUT2D eigenvalue weighted by Crippen LogP contribution is 2.24. The minimum absolute atomic E-state index is 0.0775. The molecule has 1 aliphatic heterocycles. The van der Waals surface area contributed by atoms with Gasteiger partial charge in [-0.05, 0) is 51.2 Å². The maximum absolute atomic E-state index is 12.7. The number of anilines is 1. The molecule has 5 rings (SSSR count). The molecule has 2 aliphatic rings. The average molecular weight is 393 g/mol. The minimum atomic E-state index is -0.0775. The molecule has 9 heteroatoms. The molecule has 4 heterocycles. The molecule has 1 fully saturated rings. The largest absolute Gasteiger partial charge is 0.354 e. The summed E-state index contributed by atoms with van der Waals surface area (Å²) >= 11 is 0. The number of aryl methyl sites for hydroxylation is 2. The van der Waals surface area contributed by atoms with Crippen molar-refractivity contribution in [2.24, 2.45) is 0 Å². The highest BCUT2D eigenvalue weighted by molar-refractivity contribution is 5.94. The van der Waals surface area contributed by atoms with Gasteiger partial charge in [-0.2, -0.15) is 10.1 Å². The van der Waals surface area contributed by atoms with Gasteiger partial charge in [-0.15, -0.1) is 0 Å². The molecule has 1 atom stereocenters. The molecule has 1 amide bonds. The normalized spacial score (nSPS) is 18.7. The second kappa shape index (κ2) is 7.31. The van der Waals surface area contributed by atoms with Crippen molar-refractivity contribution < 1.29 is 9.32 Å². The first-order chi connectivity index (χ1) is 14.2. The van der Waals surface area contributed by atoms with Crippen molar-refractivity contribution in [1.29, 1.82) is 0 Å². The molecule has 0 saturated carbocycles. The van der Waals surface area contributed by atoms with Crippen LogP contribution in [0.5, 0.6) is 0 Å². The third-order valence-corrected chi connectivity index (χ3v) is 5.64. The number of hydrogen-bond donors (Lipinski definition) is 2. The maximum Gasteiger partial charge on any atom is 0.272 e. The fourth-order valence-electron chi connectivity index (χ4n) is 4.12. The third-order valence-electron chi connectivity index (χ3n) is 5.64. The average Bonchev–Trinajstić information content (AvgIpc) is 3.47. The topological polar surface area (TPSA) is 113 Å². The highest BCUT2D eigenvalue weighted by Gasteiger charge is 2.28. The van der Waals surface area contributed by atoms with Crippen LogP contribution in [0.4, 0.5) is 5.82 Å². The van der Waals surface area contributed by atoms with Crippen LogP contribution in [0.3, 0.4) is 0 Å². The smallest absolute Gasteiger partial charge is 0.272 e. The van der Waals surface area contributed by atoms with Gasteiger partial charge in [0.1, 0.15) is 5.82 Å². The summed E-state index contributed by atoms with van der Waals surface area (Å²) < 4.78 is 5.18. The number of aromatic nitrogens is 5. The van der Waals surface area contributed by atoms with Gasteiger partial charge in [-0.3, -0.25) is 9.89 Å². The lowest BCUT2D eigenvalue weighted by Gasteiger charge is -2.18. The lowest BCUT2D eigenvalue weighted by molar-refractivity contribution is 0.0934. The van der Waals surface area contributed by atoms with E-state index in [4.69, 9.17) is 4.52 Å². The zero-order valence-corrected chi connectivity index (χ0v) is 16.3. The summed E-state index contributed by atoms with van der Waals surface area (Å²) in [6, 6.07) is 3.96. The number of aromatic amines is 1. The number of fused-ring (bicyclic) bond motifs is 1. The van der Waals surface area contributed by atoms with E-state index >= 15 is 0 Å². The monoisotopic (exact) mass is 393 g/mol. The molecular formula is C20H23N7O2. The number of nitrogens with zero attached hydrogens (tertiary/aromatic N) is 5. The van der Waals surface area contributed by atoms with Crippen molar-refractivity contribution in [2.45, 2.75) is 45.1 Å². The van der Waals surface area contributed by atoms with Gasteiger partial charge in [0.15, 0.2) is 11.5 Å². The molecule has 1 unspecified atom stereocenters. The third kappa shape index (κ3) is 3.48. The van der Waals surface area contributed by atoms with E-state index in [-0.39, 0.29) is 11.9 Å². The Balaban J connectivity index is 1.22. The summed E-state index contributed by atoms with van der Waals surface area (Å²) in [4.78, 5) is 23.7. The zero-order valence-electron chi connectivity index (χ0n) is 16.3. The van der Waals surface area contributed by atoms with Gasteiger partial charge >= 0.3 is 0 Å². The predicted octanol–water partition coefficient (Wildman–Crippen LogP) is 2.05. The maximum atomic E-state index is 12.7. The van der Waals surface area contributed by atoms with Crippen LogP contribution < -0.4 is 10.2 Å². The summed E-state index contributed by atoms with van der Waals surface area (Å²) in [5, 5.41) is 14.3. The van der Waals surface area contributed by atoms with Gasteiger partial charge in [-0.1, -0.05) is 5.16 Å². The number of hydrogen-bond acceptors (Lipinski definition) is 7. The van der Waals surface area contributed by atoms with E-state index in [0.717, 1.165) is 67.8 Å². The Morgan fingerprint density at radius 2 is 2.21 bits per heavy atom. The van der Waals surface area contributed by atoms with Crippen molar-refractivity contribution in [3.63, 3.8) is 0 Å². The molecule has 3 aromatic heterocycles. The van der Waals surface area contributed by atoms with Gasteiger partial charge in [0, 0.05) is 36.6 Å². The van der Waals surface area contributed by atoms with E-state index in [9.17, 15) is 4.79 Å². The number of H-pyrrole nitrogens is 1.